The summed E-state index contributed by atoms with van der Waals surface area (Å²) in [6.07, 6.45) is 0.290. The summed E-state index contributed by atoms with van der Waals surface area (Å²) in [4.78, 5) is 26.0. The first kappa shape index (κ1) is 17.4. The van der Waals surface area contributed by atoms with E-state index in [1.54, 1.807) is 18.2 Å². The Balaban J connectivity index is 1.67. The zero-order valence-electron chi connectivity index (χ0n) is 14.5. The van der Waals surface area contributed by atoms with Crippen molar-refractivity contribution in [2.24, 2.45) is 0 Å². The molecular formula is C20H18FN3O3. The highest BCUT2D eigenvalue weighted by molar-refractivity contribution is 5.95. The van der Waals surface area contributed by atoms with Crippen LogP contribution < -0.4 is 5.56 Å². The second-order valence-corrected chi connectivity index (χ2v) is 6.73. The van der Waals surface area contributed by atoms with Gasteiger partial charge in [0, 0.05) is 24.9 Å². The van der Waals surface area contributed by atoms with Crippen LogP contribution in [-0.2, 0) is 6.42 Å². The summed E-state index contributed by atoms with van der Waals surface area (Å²) >= 11 is 0. The number of likely N-dealkylation sites (tertiary alicyclic amines) is 1. The highest BCUT2D eigenvalue weighted by atomic mass is 19.1. The van der Waals surface area contributed by atoms with Crippen LogP contribution in [0.15, 0.2) is 47.3 Å². The third kappa shape index (κ3) is 3.33. The number of β-amino-alcohol motifs (C(OH)–C–C–N with tert-alkyl or cyclic N) is 1. The average molecular weight is 367 g/mol. The summed E-state index contributed by atoms with van der Waals surface area (Å²) in [5.41, 5.74) is 1.07. The highest BCUT2D eigenvalue weighted by Gasteiger charge is 2.27. The molecule has 1 aliphatic heterocycles. The van der Waals surface area contributed by atoms with E-state index in [-0.39, 0.29) is 17.7 Å². The minimum atomic E-state index is -0.593. The number of fused-ring (bicyclic) bond motifs is 1. The predicted octanol–water partition coefficient (Wildman–Crippen LogP) is 1.86. The van der Waals surface area contributed by atoms with Crippen LogP contribution >= 0.6 is 0 Å². The second-order valence-electron chi connectivity index (χ2n) is 6.73. The number of nitrogens with zero attached hydrogens (tertiary/aromatic N) is 2. The van der Waals surface area contributed by atoms with E-state index in [1.165, 1.54) is 17.0 Å². The number of hydrogen-bond acceptors (Lipinski definition) is 4. The number of benzene rings is 2. The van der Waals surface area contributed by atoms with Gasteiger partial charge in [-0.3, -0.25) is 9.59 Å². The van der Waals surface area contributed by atoms with Crippen LogP contribution in [0.4, 0.5) is 4.39 Å². The number of carbonyl (C=O) groups is 1. The van der Waals surface area contributed by atoms with E-state index in [0.29, 0.717) is 36.0 Å². The molecule has 0 bridgehead atoms. The van der Waals surface area contributed by atoms with E-state index in [9.17, 15) is 19.1 Å². The second kappa shape index (κ2) is 6.92. The first-order valence-corrected chi connectivity index (χ1v) is 8.75. The lowest BCUT2D eigenvalue weighted by atomic mass is 10.0. The van der Waals surface area contributed by atoms with Crippen LogP contribution in [0.5, 0.6) is 0 Å². The summed E-state index contributed by atoms with van der Waals surface area (Å²) in [6, 6.07) is 11.5. The monoisotopic (exact) mass is 367 g/mol. The van der Waals surface area contributed by atoms with Crippen molar-refractivity contribution in [2.75, 3.05) is 13.1 Å². The van der Waals surface area contributed by atoms with E-state index in [1.807, 2.05) is 12.1 Å². The number of aliphatic hydroxyl groups excluding tert-OH is 1. The number of nitrogens with one attached hydrogen (secondary N) is 1. The van der Waals surface area contributed by atoms with E-state index >= 15 is 0 Å². The summed E-state index contributed by atoms with van der Waals surface area (Å²) < 4.78 is 14.2. The molecule has 1 amide bonds. The lowest BCUT2D eigenvalue weighted by Crippen LogP contribution is -2.30. The average Bonchev–Trinajstić information content (AvgIpc) is 3.11. The molecule has 7 heteroatoms. The maximum Gasteiger partial charge on any atom is 0.272 e. The highest BCUT2D eigenvalue weighted by Crippen LogP contribution is 2.21. The number of aliphatic hydroxyl groups is 1. The molecule has 4 rings (SSSR count). The van der Waals surface area contributed by atoms with Gasteiger partial charge in [0.1, 0.15) is 5.82 Å². The zero-order chi connectivity index (χ0) is 19.0. The molecule has 6 nitrogen and oxygen atoms in total. The van der Waals surface area contributed by atoms with E-state index in [0.717, 1.165) is 5.39 Å². The topological polar surface area (TPSA) is 86.3 Å². The van der Waals surface area contributed by atoms with Gasteiger partial charge >= 0.3 is 0 Å². The Morgan fingerprint density at radius 3 is 2.78 bits per heavy atom. The lowest BCUT2D eigenvalue weighted by Gasteiger charge is -2.16. The SMILES string of the molecule is O=C(c1cc(Cc2n[nH]c(=O)c3ccccc23)ccc1F)N1CC[C@H](O)C1. The summed E-state index contributed by atoms with van der Waals surface area (Å²) in [7, 11) is 0. The molecule has 0 spiro atoms. The fraction of sp³-hybridized carbons (Fsp3) is 0.250. The molecular weight excluding hydrogens is 349 g/mol. The Kier molecular flexibility index (Phi) is 4.45. The van der Waals surface area contributed by atoms with Crippen molar-refractivity contribution in [3.8, 4) is 0 Å². The molecule has 1 atom stereocenters. The molecule has 1 aromatic heterocycles. The minimum Gasteiger partial charge on any atom is -0.391 e. The van der Waals surface area contributed by atoms with Gasteiger partial charge in [0.15, 0.2) is 0 Å². The van der Waals surface area contributed by atoms with Crippen molar-refractivity contribution in [3.05, 3.63) is 75.5 Å². The molecule has 1 saturated heterocycles. The van der Waals surface area contributed by atoms with Crippen molar-refractivity contribution in [3.63, 3.8) is 0 Å². The number of hydrogen-bond donors (Lipinski definition) is 2. The maximum absolute atomic E-state index is 14.2. The molecule has 0 aliphatic carbocycles. The molecule has 0 radical (unpaired) electrons. The molecule has 1 aliphatic rings. The van der Waals surface area contributed by atoms with Crippen molar-refractivity contribution in [2.45, 2.75) is 18.9 Å². The van der Waals surface area contributed by atoms with Crippen molar-refractivity contribution in [1.82, 2.24) is 15.1 Å². The zero-order valence-corrected chi connectivity index (χ0v) is 14.5. The van der Waals surface area contributed by atoms with Crippen molar-refractivity contribution in [1.29, 1.82) is 0 Å². The third-order valence-electron chi connectivity index (χ3n) is 4.86. The predicted molar refractivity (Wildman–Crippen MR) is 98.1 cm³/mol. The molecule has 3 aromatic rings. The number of aromatic nitrogens is 2. The van der Waals surface area contributed by atoms with Gasteiger partial charge in [0.2, 0.25) is 0 Å². The number of amides is 1. The smallest absolute Gasteiger partial charge is 0.272 e. The quantitative estimate of drug-likeness (QED) is 0.740. The number of carbonyl (C=O) groups excluding carboxylic acids is 1. The van der Waals surface area contributed by atoms with Crippen LogP contribution in [0.2, 0.25) is 0 Å². The molecule has 138 valence electrons. The van der Waals surface area contributed by atoms with E-state index in [4.69, 9.17) is 0 Å². The van der Waals surface area contributed by atoms with Gasteiger partial charge in [0.25, 0.3) is 11.5 Å². The molecule has 1 fully saturated rings. The molecule has 2 aromatic carbocycles. The molecule has 0 saturated carbocycles. The standard InChI is InChI=1S/C20H18FN3O3/c21-17-6-5-12(9-16(17)20(27)24-8-7-13(25)11-24)10-18-14-3-1-2-4-15(14)19(26)23-22-18/h1-6,9,13,25H,7-8,10-11H2,(H,23,26)/t13-/m0/s1. The largest absolute Gasteiger partial charge is 0.391 e. The number of aromatic amines is 1. The Labute approximate surface area is 154 Å². The van der Waals surface area contributed by atoms with Crippen LogP contribution in [0.3, 0.4) is 0 Å². The van der Waals surface area contributed by atoms with Crippen LogP contribution in [0, 0.1) is 5.82 Å². The molecule has 2 heterocycles. The Morgan fingerprint density at radius 2 is 2.04 bits per heavy atom. The Hall–Kier alpha value is -3.06. The lowest BCUT2D eigenvalue weighted by molar-refractivity contribution is 0.0760. The first-order chi connectivity index (χ1) is 13.0. The summed E-state index contributed by atoms with van der Waals surface area (Å²) in [5.74, 6) is -1.02. The van der Waals surface area contributed by atoms with Gasteiger partial charge < -0.3 is 10.0 Å². The Morgan fingerprint density at radius 1 is 1.26 bits per heavy atom. The van der Waals surface area contributed by atoms with Crippen molar-refractivity contribution >= 4 is 16.7 Å². The van der Waals surface area contributed by atoms with Gasteiger partial charge in [-0.2, -0.15) is 5.10 Å². The number of rotatable bonds is 3. The molecule has 27 heavy (non-hydrogen) atoms. The van der Waals surface area contributed by atoms with Gasteiger partial charge in [-0.05, 0) is 30.2 Å². The fourth-order valence-electron chi connectivity index (χ4n) is 3.44. The summed E-state index contributed by atoms with van der Waals surface area (Å²) in [6.45, 7) is 0.629. The van der Waals surface area contributed by atoms with Gasteiger partial charge in [-0.1, -0.05) is 24.3 Å². The fourth-order valence-corrected chi connectivity index (χ4v) is 3.44. The number of H-pyrrole nitrogens is 1. The number of halogens is 1. The molecule has 0 unspecified atom stereocenters. The summed E-state index contributed by atoms with van der Waals surface area (Å²) in [5, 5.41) is 17.5. The van der Waals surface area contributed by atoms with Crippen LogP contribution in [-0.4, -0.2) is 45.3 Å². The van der Waals surface area contributed by atoms with Gasteiger partial charge in [-0.15, -0.1) is 0 Å². The Bertz CT molecular complexity index is 1080. The van der Waals surface area contributed by atoms with Gasteiger partial charge in [-0.25, -0.2) is 9.49 Å². The van der Waals surface area contributed by atoms with E-state index < -0.39 is 17.8 Å². The van der Waals surface area contributed by atoms with Crippen molar-refractivity contribution < 1.29 is 14.3 Å². The van der Waals surface area contributed by atoms with Crippen LogP contribution in [0.25, 0.3) is 10.8 Å². The first-order valence-electron chi connectivity index (χ1n) is 8.75. The van der Waals surface area contributed by atoms with Gasteiger partial charge in [0.05, 0.1) is 22.7 Å². The van der Waals surface area contributed by atoms with E-state index in [2.05, 4.69) is 10.2 Å². The molecule has 2 N–H and O–H groups in total. The maximum atomic E-state index is 14.2. The minimum absolute atomic E-state index is 0.0182. The normalized spacial score (nSPS) is 16.8. The van der Waals surface area contributed by atoms with Crippen LogP contribution in [0.1, 0.15) is 28.0 Å². The third-order valence-corrected chi connectivity index (χ3v) is 4.86.